The van der Waals surface area contributed by atoms with Crippen molar-refractivity contribution in [1.29, 1.82) is 0 Å². The molecule has 4 heterocycles. The number of H-pyrrole nitrogens is 1. The minimum absolute atomic E-state index is 0.211. The number of benzene rings is 1. The summed E-state index contributed by atoms with van der Waals surface area (Å²) in [5, 5.41) is 0. The van der Waals surface area contributed by atoms with Crippen molar-refractivity contribution in [3.8, 4) is 0 Å². The average molecular weight is 443 g/mol. The molecule has 1 N–H and O–H groups in total. The summed E-state index contributed by atoms with van der Waals surface area (Å²) < 4.78 is 46.0. The number of ether oxygens (including phenoxy) is 1. The third-order valence-corrected chi connectivity index (χ3v) is 6.03. The van der Waals surface area contributed by atoms with E-state index in [2.05, 4.69) is 32.0 Å². The van der Waals surface area contributed by atoms with Crippen molar-refractivity contribution in [3.05, 3.63) is 59.2 Å². The van der Waals surface area contributed by atoms with E-state index in [0.717, 1.165) is 48.7 Å². The predicted octanol–water partition coefficient (Wildman–Crippen LogP) is 4.18. The van der Waals surface area contributed by atoms with Gasteiger partial charge in [-0.25, -0.2) is 4.98 Å². The SMILES string of the molecule is CN1CC=CC(C(F)(F)F)=C1C1=CN=C(c2nc3ccc(N4CCOCC4)cc3[nH]2)CC1. The van der Waals surface area contributed by atoms with Crippen LogP contribution in [0.15, 0.2) is 58.4 Å². The summed E-state index contributed by atoms with van der Waals surface area (Å²) >= 11 is 0. The van der Waals surface area contributed by atoms with E-state index < -0.39 is 11.7 Å². The minimum atomic E-state index is -4.40. The lowest BCUT2D eigenvalue weighted by Crippen LogP contribution is -2.36. The predicted molar refractivity (Wildman–Crippen MR) is 118 cm³/mol. The molecule has 32 heavy (non-hydrogen) atoms. The Kier molecular flexibility index (Phi) is 5.28. The van der Waals surface area contributed by atoms with Gasteiger partial charge in [0.25, 0.3) is 0 Å². The number of nitrogens with zero attached hydrogens (tertiary/aromatic N) is 4. The maximum absolute atomic E-state index is 13.5. The van der Waals surface area contributed by atoms with Crippen LogP contribution >= 0.6 is 0 Å². The zero-order valence-corrected chi connectivity index (χ0v) is 17.7. The fourth-order valence-corrected chi connectivity index (χ4v) is 4.40. The van der Waals surface area contributed by atoms with Gasteiger partial charge in [-0.1, -0.05) is 12.2 Å². The van der Waals surface area contributed by atoms with E-state index in [4.69, 9.17) is 4.74 Å². The van der Waals surface area contributed by atoms with E-state index in [1.807, 2.05) is 6.07 Å². The van der Waals surface area contributed by atoms with Crippen molar-refractivity contribution in [2.75, 3.05) is 44.8 Å². The van der Waals surface area contributed by atoms with Gasteiger partial charge in [-0.2, -0.15) is 13.2 Å². The van der Waals surface area contributed by atoms with Gasteiger partial charge >= 0.3 is 6.18 Å². The van der Waals surface area contributed by atoms with Crippen molar-refractivity contribution >= 4 is 22.4 Å². The van der Waals surface area contributed by atoms with Crippen molar-refractivity contribution < 1.29 is 17.9 Å². The summed E-state index contributed by atoms with van der Waals surface area (Å²) in [6, 6.07) is 6.11. The number of hydrogen-bond acceptors (Lipinski definition) is 5. The Morgan fingerprint density at radius 2 is 1.94 bits per heavy atom. The fourth-order valence-electron chi connectivity index (χ4n) is 4.40. The molecule has 0 amide bonds. The van der Waals surface area contributed by atoms with Crippen LogP contribution in [0.5, 0.6) is 0 Å². The first-order valence-electron chi connectivity index (χ1n) is 10.7. The minimum Gasteiger partial charge on any atom is -0.378 e. The second kappa shape index (κ2) is 8.12. The summed E-state index contributed by atoms with van der Waals surface area (Å²) in [5.41, 5.74) is 3.82. The topological polar surface area (TPSA) is 56.8 Å². The Labute approximate surface area is 183 Å². The second-order valence-corrected chi connectivity index (χ2v) is 8.16. The van der Waals surface area contributed by atoms with Gasteiger partial charge in [0.2, 0.25) is 0 Å². The molecule has 1 aromatic heterocycles. The van der Waals surface area contributed by atoms with Gasteiger partial charge in [0.1, 0.15) is 0 Å². The molecule has 0 aliphatic carbocycles. The number of fused-ring (bicyclic) bond motifs is 1. The van der Waals surface area contributed by atoms with E-state index in [0.29, 0.717) is 30.8 Å². The van der Waals surface area contributed by atoms with Gasteiger partial charge in [0.05, 0.1) is 41.2 Å². The molecule has 0 atom stereocenters. The molecule has 1 aromatic carbocycles. The lowest BCUT2D eigenvalue weighted by atomic mass is 9.96. The van der Waals surface area contributed by atoms with Gasteiger partial charge in [-0.05, 0) is 36.6 Å². The number of morpholine rings is 1. The van der Waals surface area contributed by atoms with Crippen LogP contribution in [0.3, 0.4) is 0 Å². The summed E-state index contributed by atoms with van der Waals surface area (Å²) in [5.74, 6) is 0.663. The monoisotopic (exact) mass is 443 g/mol. The lowest BCUT2D eigenvalue weighted by molar-refractivity contribution is -0.0902. The van der Waals surface area contributed by atoms with Gasteiger partial charge < -0.3 is 19.5 Å². The average Bonchev–Trinajstić information content (AvgIpc) is 3.22. The number of rotatable bonds is 3. The highest BCUT2D eigenvalue weighted by atomic mass is 19.4. The summed E-state index contributed by atoms with van der Waals surface area (Å²) in [7, 11) is 1.68. The van der Waals surface area contributed by atoms with Crippen LogP contribution in [0.2, 0.25) is 0 Å². The number of alkyl halides is 3. The molecule has 0 bridgehead atoms. The van der Waals surface area contributed by atoms with E-state index in [-0.39, 0.29) is 5.70 Å². The first kappa shape index (κ1) is 20.8. The molecular formula is C23H24F3N5O. The highest BCUT2D eigenvalue weighted by molar-refractivity contribution is 6.01. The third-order valence-electron chi connectivity index (χ3n) is 6.03. The molecule has 0 unspecified atom stereocenters. The number of aliphatic imine (C=N–C) groups is 1. The maximum atomic E-state index is 13.5. The molecule has 3 aliphatic rings. The lowest BCUT2D eigenvalue weighted by Gasteiger charge is -2.30. The Morgan fingerprint density at radius 3 is 2.66 bits per heavy atom. The normalized spacial score (nSPS) is 20.1. The molecule has 0 spiro atoms. The van der Waals surface area contributed by atoms with Crippen molar-refractivity contribution in [2.45, 2.75) is 19.0 Å². The number of imidazole rings is 1. The van der Waals surface area contributed by atoms with Gasteiger partial charge in [0.15, 0.2) is 5.82 Å². The van der Waals surface area contributed by atoms with Gasteiger partial charge in [-0.3, -0.25) is 4.99 Å². The van der Waals surface area contributed by atoms with Crippen molar-refractivity contribution in [3.63, 3.8) is 0 Å². The first-order valence-corrected chi connectivity index (χ1v) is 10.7. The van der Waals surface area contributed by atoms with Crippen molar-refractivity contribution in [1.82, 2.24) is 14.9 Å². The van der Waals surface area contributed by atoms with Crippen LogP contribution in [0.25, 0.3) is 11.0 Å². The van der Waals surface area contributed by atoms with Crippen LogP contribution in [-0.4, -0.2) is 66.7 Å². The Hall–Kier alpha value is -3.07. The second-order valence-electron chi connectivity index (χ2n) is 8.16. The number of hydrogen-bond donors (Lipinski definition) is 1. The molecule has 6 nitrogen and oxygen atoms in total. The standard InChI is InChI=1S/C23H24F3N5O/c1-30-8-2-3-17(23(24,25)26)21(30)15-4-6-19(27-14-15)22-28-18-7-5-16(13-20(18)29-22)31-9-11-32-12-10-31/h2-3,5,7,13-14H,4,6,8-12H2,1H3,(H,28,29). The maximum Gasteiger partial charge on any atom is 0.418 e. The molecule has 0 saturated carbocycles. The van der Waals surface area contributed by atoms with E-state index >= 15 is 0 Å². The molecule has 168 valence electrons. The molecule has 2 aromatic rings. The third kappa shape index (κ3) is 3.92. The molecule has 5 rings (SSSR count). The largest absolute Gasteiger partial charge is 0.418 e. The number of halogens is 3. The summed E-state index contributed by atoms with van der Waals surface area (Å²) in [4.78, 5) is 16.4. The van der Waals surface area contributed by atoms with Gasteiger partial charge in [-0.15, -0.1) is 0 Å². The Morgan fingerprint density at radius 1 is 1.12 bits per heavy atom. The summed E-state index contributed by atoms with van der Waals surface area (Å²) in [6.07, 6.45) is 0.852. The number of aromatic amines is 1. The highest BCUT2D eigenvalue weighted by Crippen LogP contribution is 2.37. The molecule has 3 aliphatic heterocycles. The molecule has 0 radical (unpaired) electrons. The quantitative estimate of drug-likeness (QED) is 0.773. The number of anilines is 1. The smallest absolute Gasteiger partial charge is 0.378 e. The Bertz CT molecular complexity index is 1150. The van der Waals surface area contributed by atoms with Crippen LogP contribution < -0.4 is 4.90 Å². The fraction of sp³-hybridized carbons (Fsp3) is 0.391. The van der Waals surface area contributed by atoms with Crippen molar-refractivity contribution in [2.24, 2.45) is 4.99 Å². The number of allylic oxidation sites excluding steroid dienone is 3. The van der Waals surface area contributed by atoms with E-state index in [1.54, 1.807) is 18.1 Å². The van der Waals surface area contributed by atoms with Gasteiger partial charge in [0, 0.05) is 38.6 Å². The molecule has 1 fully saturated rings. The number of nitrogens with one attached hydrogen (secondary N) is 1. The van der Waals surface area contributed by atoms with Crippen LogP contribution in [0, 0.1) is 0 Å². The van der Waals surface area contributed by atoms with Crippen LogP contribution in [-0.2, 0) is 4.74 Å². The zero-order valence-electron chi connectivity index (χ0n) is 17.7. The van der Waals surface area contributed by atoms with Crippen LogP contribution in [0.1, 0.15) is 18.7 Å². The Balaban J connectivity index is 1.44. The molecular weight excluding hydrogens is 419 g/mol. The van der Waals surface area contributed by atoms with E-state index in [9.17, 15) is 13.2 Å². The molecule has 9 heteroatoms. The number of likely N-dealkylation sites (N-methyl/N-ethyl adjacent to an activating group) is 1. The highest BCUT2D eigenvalue weighted by Gasteiger charge is 2.38. The summed E-state index contributed by atoms with van der Waals surface area (Å²) in [6.45, 7) is 3.58. The molecule has 1 saturated heterocycles. The van der Waals surface area contributed by atoms with E-state index in [1.165, 1.54) is 12.2 Å². The zero-order chi connectivity index (χ0) is 22.3. The van der Waals surface area contributed by atoms with Crippen LogP contribution in [0.4, 0.5) is 18.9 Å². The first-order chi connectivity index (χ1) is 15.4. The number of aromatic nitrogens is 2.